The predicted octanol–water partition coefficient (Wildman–Crippen LogP) is 5.15. The van der Waals surface area contributed by atoms with Crippen molar-refractivity contribution in [2.45, 2.75) is 32.7 Å². The van der Waals surface area contributed by atoms with Crippen LogP contribution in [0.5, 0.6) is 17.2 Å². The highest BCUT2D eigenvalue weighted by molar-refractivity contribution is 14.1. The number of allylic oxidation sites excluding steroid dienone is 1. The van der Waals surface area contributed by atoms with Gasteiger partial charge in [-0.1, -0.05) is 34.1 Å². The van der Waals surface area contributed by atoms with Crippen LogP contribution in [0, 0.1) is 3.57 Å². The van der Waals surface area contributed by atoms with Gasteiger partial charge in [0.2, 0.25) is 0 Å². The van der Waals surface area contributed by atoms with Crippen molar-refractivity contribution in [3.63, 3.8) is 0 Å². The Labute approximate surface area is 277 Å². The number of carbonyl (C=O) groups is 2. The first-order valence-corrected chi connectivity index (χ1v) is 15.4. The molecule has 0 saturated heterocycles. The summed E-state index contributed by atoms with van der Waals surface area (Å²) < 4.78 is 24.5. The molecule has 4 rings (SSSR count). The number of ether oxygens (including phenoxy) is 4. The van der Waals surface area contributed by atoms with Crippen molar-refractivity contribution in [3.8, 4) is 17.2 Å². The van der Waals surface area contributed by atoms with Crippen molar-refractivity contribution in [1.29, 1.82) is 0 Å². The molecule has 1 heterocycles. The molecule has 0 spiro atoms. The highest BCUT2D eigenvalue weighted by atomic mass is 127. The summed E-state index contributed by atoms with van der Waals surface area (Å²) in [7, 11) is 1.28. The number of carbonyl (C=O) groups excluding carboxylic acids is 2. The van der Waals surface area contributed by atoms with Crippen LogP contribution in [0.4, 0.5) is 4.79 Å². The smallest absolute Gasteiger partial charge is 0.337 e. The lowest BCUT2D eigenvalue weighted by atomic mass is 9.95. The molecule has 13 heteroatoms. The molecule has 0 aromatic heterocycles. The van der Waals surface area contributed by atoms with E-state index in [4.69, 9.17) is 18.9 Å². The Kier molecular flexibility index (Phi) is 11.9. The second kappa shape index (κ2) is 15.8. The van der Waals surface area contributed by atoms with E-state index in [9.17, 15) is 14.7 Å². The Morgan fingerprint density at radius 3 is 2.57 bits per heavy atom. The first-order valence-electron chi connectivity index (χ1n) is 13.6. The number of methoxy groups -OCH3 is 1. The van der Waals surface area contributed by atoms with Gasteiger partial charge in [0.15, 0.2) is 17.7 Å². The number of halogens is 2. The zero-order valence-corrected chi connectivity index (χ0v) is 28.0. The molecule has 0 bridgehead atoms. The zero-order valence-electron chi connectivity index (χ0n) is 24.2. The summed E-state index contributed by atoms with van der Waals surface area (Å²) in [6.45, 7) is 4.03. The number of hydrogen-bond acceptors (Lipinski definition) is 9. The van der Waals surface area contributed by atoms with Gasteiger partial charge in [0, 0.05) is 19.3 Å². The maximum Gasteiger partial charge on any atom is 0.337 e. The van der Waals surface area contributed by atoms with Gasteiger partial charge < -0.3 is 34.7 Å². The van der Waals surface area contributed by atoms with E-state index in [1.54, 1.807) is 31.3 Å². The molecule has 44 heavy (non-hydrogen) atoms. The number of nitrogens with zero attached hydrogens (tertiary/aromatic N) is 1. The third-order valence-electron chi connectivity index (χ3n) is 6.38. The molecular formula is C31H32BrIN4O7. The van der Waals surface area contributed by atoms with Crippen LogP contribution in [-0.4, -0.2) is 49.9 Å². The van der Waals surface area contributed by atoms with Crippen LogP contribution in [0.15, 0.2) is 81.5 Å². The second-order valence-electron chi connectivity index (χ2n) is 9.51. The molecule has 232 valence electrons. The molecule has 2 atom stereocenters. The molecule has 0 saturated carbocycles. The number of benzene rings is 3. The van der Waals surface area contributed by atoms with E-state index in [-0.39, 0.29) is 12.2 Å². The first-order chi connectivity index (χ1) is 21.2. The normalized spacial score (nSPS) is 15.3. The molecular weight excluding hydrogens is 747 g/mol. The van der Waals surface area contributed by atoms with Crippen LogP contribution >= 0.6 is 38.5 Å². The monoisotopic (exact) mass is 778 g/mol. The quantitative estimate of drug-likeness (QED) is 0.0615. The lowest BCUT2D eigenvalue weighted by Crippen LogP contribution is -2.45. The van der Waals surface area contributed by atoms with Gasteiger partial charge in [0.25, 0.3) is 0 Å². The largest absolute Gasteiger partial charge is 0.490 e. The molecule has 0 fully saturated rings. The van der Waals surface area contributed by atoms with Crippen molar-refractivity contribution in [2.75, 3.05) is 20.3 Å². The molecule has 0 radical (unpaired) electrons. The third kappa shape index (κ3) is 8.86. The average Bonchev–Trinajstić information content (AvgIpc) is 3.00. The van der Waals surface area contributed by atoms with Crippen LogP contribution in [0.1, 0.15) is 36.6 Å². The molecule has 3 aromatic rings. The number of nitrogens with one attached hydrogen (secondary N) is 3. The standard InChI is InChI=1S/C31H32BrIN4O7/c1-4-42-26-14-20(29-28(30(39)41-3)18(2)35-31(40)36-29)7-11-25(26)44-17-27(38)37-34-15-21-13-22(32)8-12-24(21)43-16-19-5-9-23(33)10-6-19/h5-15,27,29,37-38H,4,16-17H2,1-3H3,(H2,35,36,40)/b34-15-/t27-,29-/m0/s1. The Bertz CT molecular complexity index is 1550. The number of amides is 2. The molecule has 0 unspecified atom stereocenters. The Hall–Kier alpha value is -3.82. The fraction of sp³-hybridized carbons (Fsp3) is 0.258. The number of aliphatic hydroxyl groups excluding tert-OH is 1. The summed E-state index contributed by atoms with van der Waals surface area (Å²) in [6.07, 6.45) is 0.406. The van der Waals surface area contributed by atoms with Gasteiger partial charge >= 0.3 is 12.0 Å². The number of esters is 1. The van der Waals surface area contributed by atoms with E-state index in [2.05, 4.69) is 59.7 Å². The van der Waals surface area contributed by atoms with Crippen molar-refractivity contribution >= 4 is 56.7 Å². The van der Waals surface area contributed by atoms with Gasteiger partial charge in [-0.3, -0.25) is 5.43 Å². The minimum absolute atomic E-state index is 0.151. The highest BCUT2D eigenvalue weighted by Crippen LogP contribution is 2.35. The topological polar surface area (TPSA) is 140 Å². The van der Waals surface area contributed by atoms with E-state index in [1.165, 1.54) is 7.11 Å². The molecule has 4 N–H and O–H groups in total. The van der Waals surface area contributed by atoms with E-state index < -0.39 is 24.3 Å². The van der Waals surface area contributed by atoms with Crippen LogP contribution in [-0.2, 0) is 16.1 Å². The fourth-order valence-electron chi connectivity index (χ4n) is 4.31. The zero-order chi connectivity index (χ0) is 31.6. The van der Waals surface area contributed by atoms with Gasteiger partial charge in [-0.2, -0.15) is 5.10 Å². The average molecular weight is 779 g/mol. The number of hydrazone groups is 1. The molecule has 11 nitrogen and oxygen atoms in total. The Morgan fingerprint density at radius 1 is 1.09 bits per heavy atom. The lowest BCUT2D eigenvalue weighted by molar-refractivity contribution is -0.136. The maximum absolute atomic E-state index is 12.5. The third-order valence-corrected chi connectivity index (χ3v) is 7.59. The summed E-state index contributed by atoms with van der Waals surface area (Å²) in [6, 6.07) is 17.5. The van der Waals surface area contributed by atoms with Gasteiger partial charge in [0.1, 0.15) is 19.0 Å². The Balaban J connectivity index is 1.40. The minimum atomic E-state index is -1.15. The highest BCUT2D eigenvalue weighted by Gasteiger charge is 2.32. The molecule has 1 aliphatic heterocycles. The van der Waals surface area contributed by atoms with E-state index >= 15 is 0 Å². The second-order valence-corrected chi connectivity index (χ2v) is 11.7. The van der Waals surface area contributed by atoms with E-state index in [0.717, 1.165) is 13.6 Å². The summed E-state index contributed by atoms with van der Waals surface area (Å²) >= 11 is 5.73. The van der Waals surface area contributed by atoms with Gasteiger partial charge in [-0.25, -0.2) is 9.59 Å². The van der Waals surface area contributed by atoms with Gasteiger partial charge in [0.05, 0.1) is 31.5 Å². The first kappa shape index (κ1) is 33.1. The molecule has 1 aliphatic rings. The van der Waals surface area contributed by atoms with Crippen LogP contribution < -0.4 is 30.3 Å². The number of urea groups is 1. The van der Waals surface area contributed by atoms with E-state index in [1.807, 2.05) is 49.4 Å². The number of aliphatic hydroxyl groups is 1. The Morgan fingerprint density at radius 2 is 1.84 bits per heavy atom. The van der Waals surface area contributed by atoms with Crippen LogP contribution in [0.3, 0.4) is 0 Å². The predicted molar refractivity (Wildman–Crippen MR) is 177 cm³/mol. The molecule has 3 aromatic carbocycles. The van der Waals surface area contributed by atoms with Crippen LogP contribution in [0.2, 0.25) is 0 Å². The van der Waals surface area contributed by atoms with Gasteiger partial charge in [-0.05, 0) is 90.0 Å². The summed E-state index contributed by atoms with van der Waals surface area (Å²) in [4.78, 5) is 24.6. The van der Waals surface area contributed by atoms with Crippen LogP contribution in [0.25, 0.3) is 0 Å². The fourth-order valence-corrected chi connectivity index (χ4v) is 5.05. The van der Waals surface area contributed by atoms with Crippen molar-refractivity contribution < 1.29 is 33.6 Å². The van der Waals surface area contributed by atoms with Crippen molar-refractivity contribution in [2.24, 2.45) is 5.10 Å². The lowest BCUT2D eigenvalue weighted by Gasteiger charge is -2.28. The molecule has 2 amide bonds. The SMILES string of the molecule is CCOc1cc([C@@H]2NC(=O)NC(C)=C2C(=O)OC)ccc1OC[C@H](O)N/N=C\c1cc(Br)ccc1OCc1ccc(I)cc1. The summed E-state index contributed by atoms with van der Waals surface area (Å²) in [5.41, 5.74) is 5.66. The van der Waals surface area contributed by atoms with Crippen molar-refractivity contribution in [3.05, 3.63) is 96.7 Å². The van der Waals surface area contributed by atoms with Crippen molar-refractivity contribution in [1.82, 2.24) is 16.1 Å². The maximum atomic E-state index is 12.5. The van der Waals surface area contributed by atoms with Gasteiger partial charge in [-0.15, -0.1) is 0 Å². The number of rotatable bonds is 13. The summed E-state index contributed by atoms with van der Waals surface area (Å²) in [5, 5.41) is 20.0. The van der Waals surface area contributed by atoms with E-state index in [0.29, 0.717) is 47.3 Å². The minimum Gasteiger partial charge on any atom is -0.490 e. The summed E-state index contributed by atoms with van der Waals surface area (Å²) in [5.74, 6) is 0.800. The molecule has 0 aliphatic carbocycles. The number of hydrogen-bond donors (Lipinski definition) is 4.